The van der Waals surface area contributed by atoms with Crippen molar-refractivity contribution in [1.82, 2.24) is 0 Å². The first kappa shape index (κ1) is 12.6. The van der Waals surface area contributed by atoms with Gasteiger partial charge < -0.3 is 0 Å². The van der Waals surface area contributed by atoms with E-state index in [4.69, 9.17) is 5.14 Å². The van der Waals surface area contributed by atoms with Crippen molar-refractivity contribution in [2.45, 2.75) is 4.90 Å². The van der Waals surface area contributed by atoms with Crippen LogP contribution in [0.25, 0.3) is 5.57 Å². The third-order valence-electron chi connectivity index (χ3n) is 2.65. The minimum atomic E-state index is -0.0882. The zero-order valence-corrected chi connectivity index (χ0v) is 10.6. The Morgan fingerprint density at radius 2 is 1.61 bits per heavy atom. The van der Waals surface area contributed by atoms with Gasteiger partial charge in [-0.25, -0.2) is 0 Å². The van der Waals surface area contributed by atoms with Crippen molar-refractivity contribution < 1.29 is 4.79 Å². The summed E-state index contributed by atoms with van der Waals surface area (Å²) in [7, 11) is 0. The first-order valence-electron chi connectivity index (χ1n) is 5.49. The van der Waals surface area contributed by atoms with Gasteiger partial charge in [0, 0.05) is 16.0 Å². The van der Waals surface area contributed by atoms with Crippen molar-refractivity contribution in [2.24, 2.45) is 5.14 Å². The molecule has 90 valence electrons. The van der Waals surface area contributed by atoms with Crippen LogP contribution in [0.15, 0.2) is 66.1 Å². The van der Waals surface area contributed by atoms with Crippen LogP contribution in [0, 0.1) is 0 Å². The molecule has 2 aromatic rings. The van der Waals surface area contributed by atoms with Crippen LogP contribution in [0.5, 0.6) is 0 Å². The minimum absolute atomic E-state index is 0.0882. The van der Waals surface area contributed by atoms with Crippen molar-refractivity contribution in [2.75, 3.05) is 0 Å². The Kier molecular flexibility index (Phi) is 3.97. The summed E-state index contributed by atoms with van der Waals surface area (Å²) in [6, 6.07) is 16.7. The van der Waals surface area contributed by atoms with E-state index in [2.05, 4.69) is 6.58 Å². The average molecular weight is 255 g/mol. The number of hydrogen-bond acceptors (Lipinski definition) is 3. The molecule has 0 radical (unpaired) electrons. The molecule has 0 aliphatic rings. The van der Waals surface area contributed by atoms with Gasteiger partial charge in [0.1, 0.15) is 0 Å². The lowest BCUT2D eigenvalue weighted by atomic mass is 9.98. The number of nitrogens with two attached hydrogens (primary N) is 1. The molecule has 3 heteroatoms. The highest BCUT2D eigenvalue weighted by Crippen LogP contribution is 2.24. The van der Waals surface area contributed by atoms with Crippen molar-refractivity contribution in [1.29, 1.82) is 0 Å². The Balaban J connectivity index is 2.35. The molecule has 2 N–H and O–H groups in total. The Morgan fingerprint density at radius 3 is 2.28 bits per heavy atom. The van der Waals surface area contributed by atoms with Crippen LogP contribution in [-0.4, -0.2) is 5.78 Å². The summed E-state index contributed by atoms with van der Waals surface area (Å²) in [5, 5.41) is 5.56. The summed E-state index contributed by atoms with van der Waals surface area (Å²) in [5.41, 5.74) is 1.91. The zero-order valence-electron chi connectivity index (χ0n) is 9.80. The summed E-state index contributed by atoms with van der Waals surface area (Å²) in [4.78, 5) is 13.1. The average Bonchev–Trinajstić information content (AvgIpc) is 2.46. The quantitative estimate of drug-likeness (QED) is 0.516. The van der Waals surface area contributed by atoms with E-state index in [0.717, 1.165) is 22.4 Å². The topological polar surface area (TPSA) is 43.1 Å². The van der Waals surface area contributed by atoms with Crippen LogP contribution in [0.3, 0.4) is 0 Å². The molecule has 2 nitrogen and oxygen atoms in total. The fraction of sp³-hybridized carbons (Fsp3) is 0. The van der Waals surface area contributed by atoms with E-state index in [1.54, 1.807) is 6.07 Å². The Bertz CT molecular complexity index is 578. The zero-order chi connectivity index (χ0) is 13.0. The number of Topliss-reactive ketones (excluding diaryl/α,β-unsaturated/α-hetero) is 1. The first-order valence-corrected chi connectivity index (χ1v) is 6.37. The lowest BCUT2D eigenvalue weighted by molar-refractivity contribution is 0.105. The largest absolute Gasteiger partial charge is 0.289 e. The normalized spacial score (nSPS) is 10.1. The second kappa shape index (κ2) is 5.67. The van der Waals surface area contributed by atoms with Crippen molar-refractivity contribution in [3.63, 3.8) is 0 Å². The molecular formula is C15H13NOS. The maximum Gasteiger partial charge on any atom is 0.194 e. The molecule has 0 spiro atoms. The summed E-state index contributed by atoms with van der Waals surface area (Å²) in [6.07, 6.45) is 0. The smallest absolute Gasteiger partial charge is 0.194 e. The van der Waals surface area contributed by atoms with Gasteiger partial charge in [-0.15, -0.1) is 0 Å². The summed E-state index contributed by atoms with van der Waals surface area (Å²) >= 11 is 1.07. The third kappa shape index (κ3) is 2.53. The van der Waals surface area contributed by atoms with Crippen molar-refractivity contribution in [3.05, 3.63) is 72.3 Å². The maximum atomic E-state index is 12.4. The van der Waals surface area contributed by atoms with Gasteiger partial charge in [0.2, 0.25) is 0 Å². The number of benzene rings is 2. The predicted octanol–water partition coefficient (Wildman–Crippen LogP) is 3.55. The molecule has 0 atom stereocenters. The molecule has 2 rings (SSSR count). The van der Waals surface area contributed by atoms with E-state index in [1.807, 2.05) is 48.5 Å². The minimum Gasteiger partial charge on any atom is -0.289 e. The summed E-state index contributed by atoms with van der Waals surface area (Å²) in [6.45, 7) is 3.88. The lowest BCUT2D eigenvalue weighted by Crippen LogP contribution is -2.04. The van der Waals surface area contributed by atoms with Crippen LogP contribution in [0.1, 0.15) is 15.9 Å². The molecule has 0 bridgehead atoms. The molecule has 0 amide bonds. The van der Waals surface area contributed by atoms with Crippen LogP contribution < -0.4 is 5.14 Å². The third-order valence-corrected chi connectivity index (χ3v) is 3.26. The van der Waals surface area contributed by atoms with Crippen molar-refractivity contribution >= 4 is 23.3 Å². The summed E-state index contributed by atoms with van der Waals surface area (Å²) < 4.78 is 0. The fourth-order valence-electron chi connectivity index (χ4n) is 1.69. The molecule has 0 fully saturated rings. The molecular weight excluding hydrogens is 242 g/mol. The maximum absolute atomic E-state index is 12.4. The molecule has 0 aliphatic heterocycles. The molecule has 0 heterocycles. The van der Waals surface area contributed by atoms with Gasteiger partial charge in [-0.05, 0) is 29.6 Å². The predicted molar refractivity (Wildman–Crippen MR) is 76.3 cm³/mol. The molecule has 0 unspecified atom stereocenters. The Morgan fingerprint density at radius 1 is 1.00 bits per heavy atom. The number of carbonyl (C=O) groups is 1. The van der Waals surface area contributed by atoms with Crippen molar-refractivity contribution in [3.8, 4) is 0 Å². The highest BCUT2D eigenvalue weighted by molar-refractivity contribution is 7.97. The second-order valence-corrected chi connectivity index (χ2v) is 4.46. The van der Waals surface area contributed by atoms with E-state index < -0.39 is 0 Å². The fourth-order valence-corrected chi connectivity index (χ4v) is 2.13. The highest BCUT2D eigenvalue weighted by Gasteiger charge is 2.15. The highest BCUT2D eigenvalue weighted by atomic mass is 32.2. The number of allylic oxidation sites excluding steroid dienone is 1. The van der Waals surface area contributed by atoms with Gasteiger partial charge in [0.05, 0.1) is 0 Å². The van der Waals surface area contributed by atoms with Crippen LogP contribution in [-0.2, 0) is 0 Å². The van der Waals surface area contributed by atoms with Gasteiger partial charge in [0.15, 0.2) is 5.78 Å². The Labute approximate surface area is 111 Å². The summed E-state index contributed by atoms with van der Waals surface area (Å²) in [5.74, 6) is -0.0882. The SMILES string of the molecule is C=C(C(=O)c1ccccc1SN)c1ccccc1. The van der Waals surface area contributed by atoms with Crippen LogP contribution in [0.2, 0.25) is 0 Å². The second-order valence-electron chi connectivity index (χ2n) is 3.79. The number of hydrogen-bond donors (Lipinski definition) is 1. The molecule has 0 aromatic heterocycles. The van der Waals surface area contributed by atoms with E-state index in [1.165, 1.54) is 0 Å². The van der Waals surface area contributed by atoms with Gasteiger partial charge in [-0.1, -0.05) is 49.0 Å². The molecule has 2 aromatic carbocycles. The number of ketones is 1. The van der Waals surface area contributed by atoms with Gasteiger partial charge >= 0.3 is 0 Å². The van der Waals surface area contributed by atoms with Gasteiger partial charge in [-0.2, -0.15) is 0 Å². The standard InChI is InChI=1S/C15H13NOS/c1-11(12-7-3-2-4-8-12)15(17)13-9-5-6-10-14(13)18-16/h2-10H,1,16H2. The number of carbonyl (C=O) groups excluding carboxylic acids is 1. The molecule has 18 heavy (non-hydrogen) atoms. The van der Waals surface area contributed by atoms with Gasteiger partial charge in [-0.3, -0.25) is 9.93 Å². The molecule has 0 saturated carbocycles. The van der Waals surface area contributed by atoms with Crippen LogP contribution >= 0.6 is 11.9 Å². The van der Waals surface area contributed by atoms with E-state index in [-0.39, 0.29) is 5.78 Å². The van der Waals surface area contributed by atoms with Crippen LogP contribution in [0.4, 0.5) is 0 Å². The monoisotopic (exact) mass is 255 g/mol. The van der Waals surface area contributed by atoms with Gasteiger partial charge in [0.25, 0.3) is 0 Å². The van der Waals surface area contributed by atoms with E-state index in [9.17, 15) is 4.79 Å². The van der Waals surface area contributed by atoms with E-state index >= 15 is 0 Å². The van der Waals surface area contributed by atoms with E-state index in [0.29, 0.717) is 11.1 Å². The Hall–Kier alpha value is -1.84. The first-order chi connectivity index (χ1) is 8.74. The lowest BCUT2D eigenvalue weighted by Gasteiger charge is -2.08. The molecule has 0 aliphatic carbocycles. The molecule has 0 saturated heterocycles. The number of rotatable bonds is 4.